The first-order chi connectivity index (χ1) is 12.8. The van der Waals surface area contributed by atoms with E-state index >= 15 is 0 Å². The standard InChI is InChI=1S/C18H28N6O3/c1-11(16-20-17(19)22-18(21-16)23(2)3)24(4)10-12-8-9-13(25-5)15(27-7)14(12)26-6/h8-9,11H,10H2,1-7H3,(H2,19,20,21,22)/t11-/m0/s1. The highest BCUT2D eigenvalue weighted by Gasteiger charge is 2.21. The van der Waals surface area contributed by atoms with Crippen molar-refractivity contribution in [3.63, 3.8) is 0 Å². The predicted octanol–water partition coefficient (Wildman–Crippen LogP) is 1.74. The number of aromatic nitrogens is 3. The van der Waals surface area contributed by atoms with Crippen LogP contribution in [0.15, 0.2) is 12.1 Å². The van der Waals surface area contributed by atoms with E-state index in [0.717, 1.165) is 5.56 Å². The van der Waals surface area contributed by atoms with Crippen LogP contribution in [-0.2, 0) is 6.54 Å². The van der Waals surface area contributed by atoms with Crippen molar-refractivity contribution in [2.75, 3.05) is 53.1 Å². The molecule has 1 heterocycles. The van der Waals surface area contributed by atoms with E-state index in [-0.39, 0.29) is 12.0 Å². The Morgan fingerprint density at radius 2 is 1.63 bits per heavy atom. The van der Waals surface area contributed by atoms with Crippen LogP contribution < -0.4 is 24.8 Å². The molecule has 27 heavy (non-hydrogen) atoms. The maximum absolute atomic E-state index is 5.85. The molecular formula is C18H28N6O3. The van der Waals surface area contributed by atoms with Crippen LogP contribution in [0.3, 0.4) is 0 Å². The van der Waals surface area contributed by atoms with Crippen molar-refractivity contribution in [1.29, 1.82) is 0 Å². The fourth-order valence-corrected chi connectivity index (χ4v) is 2.67. The van der Waals surface area contributed by atoms with E-state index in [9.17, 15) is 0 Å². The molecule has 0 bridgehead atoms. The lowest BCUT2D eigenvalue weighted by Gasteiger charge is -2.25. The third kappa shape index (κ3) is 4.48. The van der Waals surface area contributed by atoms with E-state index in [0.29, 0.717) is 35.6 Å². The largest absolute Gasteiger partial charge is 0.493 e. The van der Waals surface area contributed by atoms with Gasteiger partial charge in [0.25, 0.3) is 0 Å². The minimum Gasteiger partial charge on any atom is -0.493 e. The molecule has 0 radical (unpaired) electrons. The molecule has 0 spiro atoms. The molecule has 1 atom stereocenters. The number of nitrogens with two attached hydrogens (primary N) is 1. The van der Waals surface area contributed by atoms with Gasteiger partial charge in [-0.25, -0.2) is 0 Å². The molecule has 2 N–H and O–H groups in total. The van der Waals surface area contributed by atoms with E-state index in [4.69, 9.17) is 19.9 Å². The van der Waals surface area contributed by atoms with Gasteiger partial charge in [-0.05, 0) is 20.0 Å². The summed E-state index contributed by atoms with van der Waals surface area (Å²) in [7, 11) is 10.5. The SMILES string of the molecule is COc1ccc(CN(C)[C@@H](C)c2nc(N)nc(N(C)C)n2)c(OC)c1OC. The lowest BCUT2D eigenvalue weighted by Crippen LogP contribution is -2.26. The van der Waals surface area contributed by atoms with E-state index in [1.807, 2.05) is 40.2 Å². The monoisotopic (exact) mass is 376 g/mol. The molecule has 2 aromatic rings. The summed E-state index contributed by atoms with van der Waals surface area (Å²) >= 11 is 0. The zero-order valence-corrected chi connectivity index (χ0v) is 17.0. The summed E-state index contributed by atoms with van der Waals surface area (Å²) < 4.78 is 16.4. The van der Waals surface area contributed by atoms with Crippen molar-refractivity contribution < 1.29 is 14.2 Å². The number of rotatable bonds is 8. The van der Waals surface area contributed by atoms with Crippen LogP contribution >= 0.6 is 0 Å². The molecule has 1 aromatic heterocycles. The number of methoxy groups -OCH3 is 3. The lowest BCUT2D eigenvalue weighted by atomic mass is 10.1. The number of ether oxygens (including phenoxy) is 3. The van der Waals surface area contributed by atoms with Crippen molar-refractivity contribution in [3.05, 3.63) is 23.5 Å². The Balaban J connectivity index is 2.30. The minimum atomic E-state index is -0.0909. The quantitative estimate of drug-likeness (QED) is 0.738. The molecule has 0 aliphatic rings. The number of hydrogen-bond acceptors (Lipinski definition) is 9. The van der Waals surface area contributed by atoms with Crippen molar-refractivity contribution in [2.45, 2.75) is 19.5 Å². The second-order valence-corrected chi connectivity index (χ2v) is 6.33. The zero-order chi connectivity index (χ0) is 20.1. The number of nitrogens with zero attached hydrogens (tertiary/aromatic N) is 5. The molecule has 0 amide bonds. The van der Waals surface area contributed by atoms with Gasteiger partial charge in [-0.15, -0.1) is 0 Å². The summed E-state index contributed by atoms with van der Waals surface area (Å²) in [6.45, 7) is 2.61. The smallest absolute Gasteiger partial charge is 0.229 e. The molecule has 0 saturated heterocycles. The summed E-state index contributed by atoms with van der Waals surface area (Å²) in [5, 5.41) is 0. The first kappa shape index (κ1) is 20.5. The van der Waals surface area contributed by atoms with Gasteiger partial charge in [0, 0.05) is 26.2 Å². The Morgan fingerprint density at radius 3 is 2.19 bits per heavy atom. The molecule has 0 fully saturated rings. The fraction of sp³-hybridized carbons (Fsp3) is 0.500. The van der Waals surface area contributed by atoms with Crippen molar-refractivity contribution in [3.8, 4) is 17.2 Å². The molecule has 1 aromatic carbocycles. The second-order valence-electron chi connectivity index (χ2n) is 6.33. The van der Waals surface area contributed by atoms with Gasteiger partial charge in [-0.3, -0.25) is 4.90 Å². The summed E-state index contributed by atoms with van der Waals surface area (Å²) in [6, 6.07) is 3.73. The number of benzene rings is 1. The van der Waals surface area contributed by atoms with Crippen LogP contribution in [0.4, 0.5) is 11.9 Å². The molecule has 0 saturated carbocycles. The van der Waals surface area contributed by atoms with Gasteiger partial charge < -0.3 is 24.8 Å². The molecule has 0 aliphatic carbocycles. The lowest BCUT2D eigenvalue weighted by molar-refractivity contribution is 0.238. The third-order valence-corrected chi connectivity index (χ3v) is 4.30. The zero-order valence-electron chi connectivity index (χ0n) is 17.0. The molecule has 2 rings (SSSR count). The van der Waals surface area contributed by atoms with Gasteiger partial charge >= 0.3 is 0 Å². The topological polar surface area (TPSA) is 98.9 Å². The van der Waals surface area contributed by atoms with Crippen LogP contribution in [0, 0.1) is 0 Å². The van der Waals surface area contributed by atoms with Crippen LogP contribution in [0.25, 0.3) is 0 Å². The van der Waals surface area contributed by atoms with Gasteiger partial charge in [-0.2, -0.15) is 15.0 Å². The maximum Gasteiger partial charge on any atom is 0.229 e. The Labute approximate surface area is 160 Å². The molecule has 0 unspecified atom stereocenters. The van der Waals surface area contributed by atoms with E-state index in [1.165, 1.54) is 0 Å². The first-order valence-electron chi connectivity index (χ1n) is 8.49. The van der Waals surface area contributed by atoms with Crippen molar-refractivity contribution in [2.24, 2.45) is 0 Å². The second kappa shape index (κ2) is 8.72. The normalized spacial score (nSPS) is 12.0. The van der Waals surface area contributed by atoms with Crippen molar-refractivity contribution in [1.82, 2.24) is 19.9 Å². The van der Waals surface area contributed by atoms with E-state index < -0.39 is 0 Å². The Bertz CT molecular complexity index is 784. The predicted molar refractivity (Wildman–Crippen MR) is 105 cm³/mol. The number of nitrogen functional groups attached to an aromatic ring is 1. The Hall–Kier alpha value is -2.81. The van der Waals surface area contributed by atoms with Gasteiger partial charge in [0.05, 0.1) is 27.4 Å². The highest BCUT2D eigenvalue weighted by molar-refractivity contribution is 5.55. The number of anilines is 2. The first-order valence-corrected chi connectivity index (χ1v) is 8.49. The minimum absolute atomic E-state index is 0.0909. The van der Waals surface area contributed by atoms with Gasteiger partial charge in [-0.1, -0.05) is 6.07 Å². The van der Waals surface area contributed by atoms with Crippen LogP contribution in [0.1, 0.15) is 24.4 Å². The third-order valence-electron chi connectivity index (χ3n) is 4.30. The van der Waals surface area contributed by atoms with E-state index in [1.54, 1.807) is 26.2 Å². The number of hydrogen-bond donors (Lipinski definition) is 1. The van der Waals surface area contributed by atoms with Gasteiger partial charge in [0.2, 0.25) is 17.6 Å². The average molecular weight is 376 g/mol. The van der Waals surface area contributed by atoms with Crippen molar-refractivity contribution >= 4 is 11.9 Å². The fourth-order valence-electron chi connectivity index (χ4n) is 2.67. The van der Waals surface area contributed by atoms with Crippen LogP contribution in [-0.4, -0.2) is 62.3 Å². The summed E-state index contributed by atoms with van der Waals surface area (Å²) in [4.78, 5) is 16.8. The summed E-state index contributed by atoms with van der Waals surface area (Å²) in [6.07, 6.45) is 0. The summed E-state index contributed by atoms with van der Waals surface area (Å²) in [5.41, 5.74) is 6.80. The summed E-state index contributed by atoms with van der Waals surface area (Å²) in [5.74, 6) is 3.16. The molecule has 9 heteroatoms. The van der Waals surface area contributed by atoms with Gasteiger partial charge in [0.15, 0.2) is 17.3 Å². The average Bonchev–Trinajstić information content (AvgIpc) is 2.66. The molecule has 0 aliphatic heterocycles. The Kier molecular flexibility index (Phi) is 6.62. The maximum atomic E-state index is 5.85. The van der Waals surface area contributed by atoms with Crippen LogP contribution in [0.2, 0.25) is 0 Å². The Morgan fingerprint density at radius 1 is 0.963 bits per heavy atom. The highest BCUT2D eigenvalue weighted by Crippen LogP contribution is 2.40. The molecular weight excluding hydrogens is 348 g/mol. The molecule has 148 valence electrons. The highest BCUT2D eigenvalue weighted by atomic mass is 16.5. The van der Waals surface area contributed by atoms with E-state index in [2.05, 4.69) is 19.9 Å². The van der Waals surface area contributed by atoms with Gasteiger partial charge in [0.1, 0.15) is 0 Å². The van der Waals surface area contributed by atoms with Crippen LogP contribution in [0.5, 0.6) is 17.2 Å². The molecule has 9 nitrogen and oxygen atoms in total.